The minimum atomic E-state index is -0.694. The molecule has 0 radical (unpaired) electrons. The number of phenols is 1. The lowest BCUT2D eigenvalue weighted by atomic mass is 10.1. The smallest absolute Gasteiger partial charge is 0.349 e. The summed E-state index contributed by atoms with van der Waals surface area (Å²) in [6, 6.07) is 7.88. The molecule has 0 amide bonds. The second kappa shape index (κ2) is 6.13. The highest BCUT2D eigenvalue weighted by atomic mass is 16.5. The van der Waals surface area contributed by atoms with Crippen LogP contribution >= 0.6 is 0 Å². The van der Waals surface area contributed by atoms with E-state index in [4.69, 9.17) is 15.1 Å². The third-order valence-corrected chi connectivity index (χ3v) is 1.88. The zero-order valence-electron chi connectivity index (χ0n) is 9.09. The number of phenolic OH excluding ortho intramolecular Hbond substituents is 1. The average molecular weight is 229 g/mol. The van der Waals surface area contributed by atoms with Crippen molar-refractivity contribution in [2.24, 2.45) is 0 Å². The SMILES string of the molecule is C=CCOC(=O)/C(C#N)=C/c1ccc(O)cc1. The fourth-order valence-electron chi connectivity index (χ4n) is 1.09. The number of nitrogens with zero attached hydrogens (tertiary/aromatic N) is 1. The van der Waals surface area contributed by atoms with Crippen molar-refractivity contribution >= 4 is 12.0 Å². The van der Waals surface area contributed by atoms with Gasteiger partial charge in [-0.05, 0) is 23.8 Å². The van der Waals surface area contributed by atoms with Crippen LogP contribution in [-0.4, -0.2) is 17.7 Å². The van der Waals surface area contributed by atoms with Gasteiger partial charge >= 0.3 is 5.97 Å². The predicted molar refractivity (Wildman–Crippen MR) is 62.9 cm³/mol. The van der Waals surface area contributed by atoms with Crippen LogP contribution in [0.5, 0.6) is 5.75 Å². The second-order valence-electron chi connectivity index (χ2n) is 3.15. The van der Waals surface area contributed by atoms with Crippen LogP contribution < -0.4 is 0 Å². The maximum absolute atomic E-state index is 11.4. The summed E-state index contributed by atoms with van der Waals surface area (Å²) in [6.45, 7) is 3.47. The van der Waals surface area contributed by atoms with Crippen LogP contribution in [-0.2, 0) is 9.53 Å². The molecule has 0 heterocycles. The van der Waals surface area contributed by atoms with Crippen LogP contribution in [0, 0.1) is 11.3 Å². The molecular formula is C13H11NO3. The Morgan fingerprint density at radius 2 is 2.12 bits per heavy atom. The van der Waals surface area contributed by atoms with Gasteiger partial charge in [0.15, 0.2) is 0 Å². The molecule has 4 heteroatoms. The summed E-state index contributed by atoms with van der Waals surface area (Å²) < 4.78 is 4.74. The summed E-state index contributed by atoms with van der Waals surface area (Å²) in [6.07, 6.45) is 2.82. The first-order valence-electron chi connectivity index (χ1n) is 4.86. The Hall–Kier alpha value is -2.54. The van der Waals surface area contributed by atoms with E-state index in [2.05, 4.69) is 6.58 Å². The van der Waals surface area contributed by atoms with Gasteiger partial charge in [-0.1, -0.05) is 24.8 Å². The van der Waals surface area contributed by atoms with Crippen molar-refractivity contribution in [2.45, 2.75) is 0 Å². The summed E-state index contributed by atoms with van der Waals surface area (Å²) in [5, 5.41) is 17.9. The molecule has 17 heavy (non-hydrogen) atoms. The minimum absolute atomic E-state index is 0.0629. The maximum Gasteiger partial charge on any atom is 0.349 e. The van der Waals surface area contributed by atoms with Gasteiger partial charge in [0.25, 0.3) is 0 Å². The lowest BCUT2D eigenvalue weighted by Gasteiger charge is -2.00. The van der Waals surface area contributed by atoms with Crippen molar-refractivity contribution in [3.8, 4) is 11.8 Å². The van der Waals surface area contributed by atoms with Crippen LogP contribution in [0.15, 0.2) is 42.5 Å². The van der Waals surface area contributed by atoms with Crippen LogP contribution in [0.1, 0.15) is 5.56 Å². The molecule has 1 rings (SSSR count). The molecule has 0 aromatic heterocycles. The summed E-state index contributed by atoms with van der Waals surface area (Å²) in [4.78, 5) is 11.4. The Kier molecular flexibility index (Phi) is 4.52. The Morgan fingerprint density at radius 3 is 2.65 bits per heavy atom. The molecule has 0 aliphatic rings. The van der Waals surface area contributed by atoms with Gasteiger partial charge in [-0.2, -0.15) is 5.26 Å². The molecule has 86 valence electrons. The number of aromatic hydroxyl groups is 1. The zero-order valence-corrected chi connectivity index (χ0v) is 9.09. The van der Waals surface area contributed by atoms with E-state index >= 15 is 0 Å². The third-order valence-electron chi connectivity index (χ3n) is 1.88. The molecule has 1 aromatic rings. The first-order valence-corrected chi connectivity index (χ1v) is 4.86. The van der Waals surface area contributed by atoms with E-state index in [1.54, 1.807) is 18.2 Å². The highest BCUT2D eigenvalue weighted by molar-refractivity contribution is 5.97. The topological polar surface area (TPSA) is 70.3 Å². The zero-order chi connectivity index (χ0) is 12.7. The van der Waals surface area contributed by atoms with Crippen LogP contribution in [0.25, 0.3) is 6.08 Å². The van der Waals surface area contributed by atoms with Crippen molar-refractivity contribution < 1.29 is 14.6 Å². The molecule has 0 aliphatic heterocycles. The monoisotopic (exact) mass is 229 g/mol. The highest BCUT2D eigenvalue weighted by Gasteiger charge is 2.09. The molecule has 0 bridgehead atoms. The van der Waals surface area contributed by atoms with Gasteiger partial charge in [-0.3, -0.25) is 0 Å². The predicted octanol–water partition coefficient (Wildman–Crippen LogP) is 2.03. The number of hydrogen-bond donors (Lipinski definition) is 1. The molecule has 0 atom stereocenters. The van der Waals surface area contributed by atoms with E-state index < -0.39 is 5.97 Å². The van der Waals surface area contributed by atoms with Gasteiger partial charge in [-0.25, -0.2) is 4.79 Å². The van der Waals surface area contributed by atoms with Gasteiger partial charge < -0.3 is 9.84 Å². The Morgan fingerprint density at radius 1 is 1.47 bits per heavy atom. The fraction of sp³-hybridized carbons (Fsp3) is 0.0769. The molecule has 0 fully saturated rings. The Balaban J connectivity index is 2.87. The van der Waals surface area contributed by atoms with E-state index in [1.165, 1.54) is 24.3 Å². The summed E-state index contributed by atoms with van der Waals surface area (Å²) >= 11 is 0. The number of benzene rings is 1. The van der Waals surface area contributed by atoms with E-state index in [9.17, 15) is 4.79 Å². The number of carbonyl (C=O) groups excluding carboxylic acids is 1. The number of hydrogen-bond acceptors (Lipinski definition) is 4. The summed E-state index contributed by atoms with van der Waals surface area (Å²) in [5.74, 6) is -0.574. The van der Waals surface area contributed by atoms with E-state index in [-0.39, 0.29) is 17.9 Å². The molecular weight excluding hydrogens is 218 g/mol. The van der Waals surface area contributed by atoms with Gasteiger partial charge in [0.2, 0.25) is 0 Å². The van der Waals surface area contributed by atoms with Crippen molar-refractivity contribution in [3.05, 3.63) is 48.1 Å². The van der Waals surface area contributed by atoms with Crippen molar-refractivity contribution in [3.63, 3.8) is 0 Å². The van der Waals surface area contributed by atoms with Gasteiger partial charge in [0.05, 0.1) is 0 Å². The molecule has 0 spiro atoms. The molecule has 0 saturated heterocycles. The average Bonchev–Trinajstić information content (AvgIpc) is 2.35. The minimum Gasteiger partial charge on any atom is -0.508 e. The molecule has 0 unspecified atom stereocenters. The highest BCUT2D eigenvalue weighted by Crippen LogP contribution is 2.13. The molecule has 1 aromatic carbocycles. The number of rotatable bonds is 4. The maximum atomic E-state index is 11.4. The lowest BCUT2D eigenvalue weighted by Crippen LogP contribution is -2.06. The van der Waals surface area contributed by atoms with Crippen LogP contribution in [0.4, 0.5) is 0 Å². The normalized spacial score (nSPS) is 10.4. The molecule has 0 saturated carbocycles. The van der Waals surface area contributed by atoms with Gasteiger partial charge in [0.1, 0.15) is 24.0 Å². The third kappa shape index (κ3) is 3.84. The number of esters is 1. The van der Waals surface area contributed by atoms with Crippen molar-refractivity contribution in [1.29, 1.82) is 5.26 Å². The second-order valence-corrected chi connectivity index (χ2v) is 3.15. The Labute approximate surface area is 99.1 Å². The molecule has 0 aliphatic carbocycles. The standard InChI is InChI=1S/C13H11NO3/c1-2-7-17-13(16)11(9-14)8-10-3-5-12(15)6-4-10/h2-6,8,15H,1,7H2/b11-8+. The number of nitriles is 1. The first kappa shape index (κ1) is 12.5. The van der Waals surface area contributed by atoms with E-state index in [0.717, 1.165) is 0 Å². The van der Waals surface area contributed by atoms with E-state index in [1.807, 2.05) is 0 Å². The quantitative estimate of drug-likeness (QED) is 0.371. The van der Waals surface area contributed by atoms with E-state index in [0.29, 0.717) is 5.56 Å². The fourth-order valence-corrected chi connectivity index (χ4v) is 1.09. The number of carbonyl (C=O) groups is 1. The van der Waals surface area contributed by atoms with Crippen molar-refractivity contribution in [2.75, 3.05) is 6.61 Å². The molecule has 4 nitrogen and oxygen atoms in total. The first-order chi connectivity index (χ1) is 8.17. The summed E-state index contributed by atoms with van der Waals surface area (Å²) in [7, 11) is 0. The molecule has 1 N–H and O–H groups in total. The Bertz CT molecular complexity index is 480. The van der Waals surface area contributed by atoms with Gasteiger partial charge in [0, 0.05) is 0 Å². The lowest BCUT2D eigenvalue weighted by molar-refractivity contribution is -0.137. The van der Waals surface area contributed by atoms with Gasteiger partial charge in [-0.15, -0.1) is 0 Å². The van der Waals surface area contributed by atoms with Crippen LogP contribution in [0.3, 0.4) is 0 Å². The summed E-state index contributed by atoms with van der Waals surface area (Å²) in [5.41, 5.74) is 0.535. The number of ether oxygens (including phenoxy) is 1. The van der Waals surface area contributed by atoms with Crippen molar-refractivity contribution in [1.82, 2.24) is 0 Å². The van der Waals surface area contributed by atoms with Crippen LogP contribution in [0.2, 0.25) is 0 Å². The largest absolute Gasteiger partial charge is 0.508 e.